The summed E-state index contributed by atoms with van der Waals surface area (Å²) in [6.45, 7) is 3.30. The lowest BCUT2D eigenvalue weighted by Crippen LogP contribution is -2.54. The van der Waals surface area contributed by atoms with Gasteiger partial charge in [-0.15, -0.1) is 0 Å². The van der Waals surface area contributed by atoms with E-state index in [9.17, 15) is 24.3 Å². The van der Waals surface area contributed by atoms with Crippen LogP contribution in [0, 0.1) is 5.92 Å². The Kier molecular flexibility index (Phi) is 11.9. The molecule has 0 saturated heterocycles. The minimum atomic E-state index is -1.17. The summed E-state index contributed by atoms with van der Waals surface area (Å²) in [7, 11) is 0. The number of rotatable bonds is 14. The van der Waals surface area contributed by atoms with Crippen molar-refractivity contribution in [3.8, 4) is 5.75 Å². The summed E-state index contributed by atoms with van der Waals surface area (Å²) in [5, 5.41) is 25.9. The summed E-state index contributed by atoms with van der Waals surface area (Å²) >= 11 is 0. The Morgan fingerprint density at radius 3 is 2.18 bits per heavy atom. The Balaban J connectivity index is 2.69. The van der Waals surface area contributed by atoms with Crippen LogP contribution < -0.4 is 27.4 Å². The molecule has 0 spiro atoms. The zero-order valence-corrected chi connectivity index (χ0v) is 19.0. The van der Waals surface area contributed by atoms with Crippen molar-refractivity contribution in [3.63, 3.8) is 0 Å². The summed E-state index contributed by atoms with van der Waals surface area (Å²) in [4.78, 5) is 48.5. The number of amides is 3. The fraction of sp³-hybridized carbons (Fsp3) is 0.545. The molecule has 3 atom stereocenters. The molecule has 11 heteroatoms. The van der Waals surface area contributed by atoms with Crippen molar-refractivity contribution in [2.45, 2.75) is 57.7 Å². The van der Waals surface area contributed by atoms with Crippen LogP contribution >= 0.6 is 0 Å². The number of hydrogen-bond donors (Lipinski definition) is 7. The zero-order valence-electron chi connectivity index (χ0n) is 19.0. The Labute approximate surface area is 193 Å². The van der Waals surface area contributed by atoms with Gasteiger partial charge in [-0.1, -0.05) is 26.0 Å². The van der Waals surface area contributed by atoms with Crippen molar-refractivity contribution in [2.75, 3.05) is 13.1 Å². The number of benzene rings is 1. The van der Waals surface area contributed by atoms with Crippen LogP contribution in [0.15, 0.2) is 24.3 Å². The first kappa shape index (κ1) is 27.9. The third kappa shape index (κ3) is 10.3. The van der Waals surface area contributed by atoms with Crippen LogP contribution in [0.3, 0.4) is 0 Å². The fourth-order valence-electron chi connectivity index (χ4n) is 3.05. The number of nitrogens with two attached hydrogens (primary N) is 2. The molecule has 11 nitrogen and oxygen atoms in total. The van der Waals surface area contributed by atoms with Gasteiger partial charge in [0, 0.05) is 0 Å². The normalized spacial score (nSPS) is 13.6. The summed E-state index contributed by atoms with van der Waals surface area (Å²) in [5.74, 6) is -3.17. The van der Waals surface area contributed by atoms with Gasteiger partial charge >= 0.3 is 5.97 Å². The standard InChI is InChI=1S/C22H35N5O6/c1-13(2)19(22(32)33)27-18(29)12-25-21(31)17(5-3-4-10-23)26-20(30)16(24)11-14-6-8-15(28)9-7-14/h6-9,13,16-17,19,28H,3-5,10-12,23-24H2,1-2H3,(H,25,31)(H,26,30)(H,27,29)(H,32,33)/t16-,17-,19-/m0/s1. The smallest absolute Gasteiger partial charge is 0.326 e. The van der Waals surface area contributed by atoms with Crippen LogP contribution in [-0.2, 0) is 25.6 Å². The second-order valence-electron chi connectivity index (χ2n) is 8.17. The molecule has 0 unspecified atom stereocenters. The topological polar surface area (TPSA) is 197 Å². The molecular formula is C22H35N5O6. The molecule has 0 aromatic heterocycles. The zero-order chi connectivity index (χ0) is 25.0. The average Bonchev–Trinajstić information content (AvgIpc) is 2.76. The molecule has 0 saturated carbocycles. The number of carboxylic acids is 1. The molecule has 0 radical (unpaired) electrons. The highest BCUT2D eigenvalue weighted by Crippen LogP contribution is 2.11. The predicted octanol–water partition coefficient (Wildman–Crippen LogP) is -0.783. The van der Waals surface area contributed by atoms with E-state index in [-0.39, 0.29) is 18.1 Å². The van der Waals surface area contributed by atoms with Gasteiger partial charge in [0.2, 0.25) is 17.7 Å². The van der Waals surface area contributed by atoms with Crippen molar-refractivity contribution >= 4 is 23.7 Å². The summed E-state index contributed by atoms with van der Waals surface area (Å²) < 4.78 is 0. The number of carbonyl (C=O) groups excluding carboxylic acids is 3. The van der Waals surface area contributed by atoms with E-state index in [4.69, 9.17) is 16.6 Å². The van der Waals surface area contributed by atoms with Gasteiger partial charge in [-0.2, -0.15) is 0 Å². The first-order valence-corrected chi connectivity index (χ1v) is 10.9. The van der Waals surface area contributed by atoms with Crippen LogP contribution in [0.2, 0.25) is 0 Å². The number of unbranched alkanes of at least 4 members (excludes halogenated alkanes) is 1. The second kappa shape index (κ2) is 14.1. The Morgan fingerprint density at radius 2 is 1.64 bits per heavy atom. The van der Waals surface area contributed by atoms with Gasteiger partial charge in [0.15, 0.2) is 0 Å². The first-order valence-electron chi connectivity index (χ1n) is 10.9. The lowest BCUT2D eigenvalue weighted by molar-refractivity contribution is -0.143. The SMILES string of the molecule is CC(C)[C@H](NC(=O)CNC(=O)[C@H](CCCCN)NC(=O)[C@@H](N)Cc1ccc(O)cc1)C(=O)O. The van der Waals surface area contributed by atoms with E-state index in [0.717, 1.165) is 5.56 Å². The minimum absolute atomic E-state index is 0.0977. The van der Waals surface area contributed by atoms with E-state index in [1.165, 1.54) is 12.1 Å². The molecule has 1 rings (SSSR count). The van der Waals surface area contributed by atoms with Gasteiger partial charge in [-0.3, -0.25) is 14.4 Å². The maximum Gasteiger partial charge on any atom is 0.326 e. The molecular weight excluding hydrogens is 430 g/mol. The van der Waals surface area contributed by atoms with E-state index in [2.05, 4.69) is 16.0 Å². The van der Waals surface area contributed by atoms with Crippen molar-refractivity contribution < 1.29 is 29.4 Å². The van der Waals surface area contributed by atoms with Crippen LogP contribution in [0.5, 0.6) is 5.75 Å². The number of aromatic hydroxyl groups is 1. The van der Waals surface area contributed by atoms with Gasteiger partial charge in [-0.05, 0) is 55.8 Å². The van der Waals surface area contributed by atoms with E-state index in [1.807, 2.05) is 0 Å². The Morgan fingerprint density at radius 1 is 1.00 bits per heavy atom. The highest BCUT2D eigenvalue weighted by molar-refractivity contribution is 5.92. The van der Waals surface area contributed by atoms with Crippen LogP contribution in [0.4, 0.5) is 0 Å². The molecule has 3 amide bonds. The van der Waals surface area contributed by atoms with Crippen molar-refractivity contribution in [2.24, 2.45) is 17.4 Å². The molecule has 1 aromatic rings. The molecule has 1 aromatic carbocycles. The minimum Gasteiger partial charge on any atom is -0.508 e. The van der Waals surface area contributed by atoms with Crippen LogP contribution in [0.25, 0.3) is 0 Å². The summed E-state index contributed by atoms with van der Waals surface area (Å²) in [5.41, 5.74) is 12.2. The lowest BCUT2D eigenvalue weighted by atomic mass is 10.0. The quantitative estimate of drug-likeness (QED) is 0.174. The highest BCUT2D eigenvalue weighted by Gasteiger charge is 2.26. The lowest BCUT2D eigenvalue weighted by Gasteiger charge is -2.21. The molecule has 0 fully saturated rings. The van der Waals surface area contributed by atoms with E-state index >= 15 is 0 Å². The maximum absolute atomic E-state index is 12.6. The van der Waals surface area contributed by atoms with Gasteiger partial charge in [0.05, 0.1) is 12.6 Å². The highest BCUT2D eigenvalue weighted by atomic mass is 16.4. The van der Waals surface area contributed by atoms with Gasteiger partial charge in [-0.25, -0.2) is 4.79 Å². The predicted molar refractivity (Wildman–Crippen MR) is 122 cm³/mol. The molecule has 0 aliphatic carbocycles. The van der Waals surface area contributed by atoms with Gasteiger partial charge in [0.1, 0.15) is 17.8 Å². The van der Waals surface area contributed by atoms with Gasteiger partial charge in [0.25, 0.3) is 0 Å². The number of phenols is 1. The molecule has 33 heavy (non-hydrogen) atoms. The first-order chi connectivity index (χ1) is 15.5. The Bertz CT molecular complexity index is 799. The van der Waals surface area contributed by atoms with Crippen molar-refractivity contribution in [1.82, 2.24) is 16.0 Å². The largest absolute Gasteiger partial charge is 0.508 e. The maximum atomic E-state index is 12.6. The Hall–Kier alpha value is -3.18. The molecule has 0 heterocycles. The summed E-state index contributed by atoms with van der Waals surface area (Å²) in [6.07, 6.45) is 1.72. The number of aliphatic carboxylic acids is 1. The van der Waals surface area contributed by atoms with Crippen molar-refractivity contribution in [1.29, 1.82) is 0 Å². The molecule has 9 N–H and O–H groups in total. The van der Waals surface area contributed by atoms with E-state index in [1.54, 1.807) is 26.0 Å². The van der Waals surface area contributed by atoms with E-state index < -0.39 is 48.4 Å². The van der Waals surface area contributed by atoms with Gasteiger partial charge < -0.3 is 37.6 Å². The average molecular weight is 466 g/mol. The van der Waals surface area contributed by atoms with Crippen LogP contribution in [-0.4, -0.2) is 65.1 Å². The van der Waals surface area contributed by atoms with E-state index in [0.29, 0.717) is 25.8 Å². The molecule has 0 bridgehead atoms. The molecule has 184 valence electrons. The number of carbonyl (C=O) groups is 4. The third-order valence-electron chi connectivity index (χ3n) is 4.98. The van der Waals surface area contributed by atoms with Crippen LogP contribution in [0.1, 0.15) is 38.7 Å². The number of phenolic OH excluding ortho intramolecular Hbond substituents is 1. The molecule has 0 aliphatic rings. The number of nitrogens with one attached hydrogen (secondary N) is 3. The third-order valence-corrected chi connectivity index (χ3v) is 4.98. The second-order valence-corrected chi connectivity index (χ2v) is 8.17. The van der Waals surface area contributed by atoms with Crippen molar-refractivity contribution in [3.05, 3.63) is 29.8 Å². The summed E-state index contributed by atoms with van der Waals surface area (Å²) in [6, 6.07) is 3.34. The number of hydrogen-bond acceptors (Lipinski definition) is 7. The number of carboxylic acid groups (broad SMARTS) is 1. The monoisotopic (exact) mass is 465 g/mol. The molecule has 0 aliphatic heterocycles. The fourth-order valence-corrected chi connectivity index (χ4v) is 3.05.